The highest BCUT2D eigenvalue weighted by Gasteiger charge is 2.43. The van der Waals surface area contributed by atoms with Crippen molar-refractivity contribution >= 4 is 23.6 Å². The van der Waals surface area contributed by atoms with E-state index < -0.39 is 11.9 Å². The second-order valence-electron chi connectivity index (χ2n) is 5.59. The molecule has 5 heteroatoms. The van der Waals surface area contributed by atoms with Crippen LogP contribution in [-0.2, 0) is 9.59 Å². The molecule has 1 saturated heterocycles. The molecule has 108 valence electrons. The Bertz CT molecular complexity index is 340. The molecule has 2 fully saturated rings. The lowest BCUT2D eigenvalue weighted by Gasteiger charge is -2.25. The average molecular weight is 285 g/mol. The van der Waals surface area contributed by atoms with Crippen molar-refractivity contribution in [3.8, 4) is 0 Å². The number of rotatable bonds is 3. The Kier molecular flexibility index (Phi) is 5.13. The Morgan fingerprint density at radius 2 is 1.95 bits per heavy atom. The minimum Gasteiger partial charge on any atom is -0.481 e. The third kappa shape index (κ3) is 3.44. The maximum Gasteiger partial charge on any atom is 0.307 e. The van der Waals surface area contributed by atoms with E-state index in [-0.39, 0.29) is 11.8 Å². The first-order chi connectivity index (χ1) is 9.13. The van der Waals surface area contributed by atoms with Crippen LogP contribution < -0.4 is 0 Å². The van der Waals surface area contributed by atoms with Gasteiger partial charge in [0.25, 0.3) is 0 Å². The molecular weight excluding hydrogens is 262 g/mol. The summed E-state index contributed by atoms with van der Waals surface area (Å²) in [5, 5.41) is 9.32. The van der Waals surface area contributed by atoms with Crippen LogP contribution in [0.25, 0.3) is 0 Å². The molecule has 0 spiro atoms. The molecule has 1 aliphatic heterocycles. The summed E-state index contributed by atoms with van der Waals surface area (Å²) in [5.74, 6) is 1.03. The normalized spacial score (nSPS) is 32.1. The van der Waals surface area contributed by atoms with E-state index in [2.05, 4.69) is 6.92 Å². The van der Waals surface area contributed by atoms with Gasteiger partial charge in [-0.25, -0.2) is 0 Å². The summed E-state index contributed by atoms with van der Waals surface area (Å²) in [5.41, 5.74) is 0. The van der Waals surface area contributed by atoms with Gasteiger partial charge in [-0.05, 0) is 30.9 Å². The molecule has 0 bridgehead atoms. The first-order valence-corrected chi connectivity index (χ1v) is 8.38. The second kappa shape index (κ2) is 6.64. The van der Waals surface area contributed by atoms with Gasteiger partial charge in [-0.15, -0.1) is 0 Å². The molecule has 2 rings (SSSR count). The molecule has 0 radical (unpaired) electrons. The van der Waals surface area contributed by atoms with Crippen LogP contribution in [0.2, 0.25) is 0 Å². The Labute approximate surface area is 118 Å². The smallest absolute Gasteiger partial charge is 0.307 e. The van der Waals surface area contributed by atoms with Crippen LogP contribution in [0.5, 0.6) is 0 Å². The molecule has 0 aromatic rings. The molecule has 4 nitrogen and oxygen atoms in total. The first-order valence-electron chi connectivity index (χ1n) is 7.22. The van der Waals surface area contributed by atoms with Crippen molar-refractivity contribution in [3.05, 3.63) is 0 Å². The Morgan fingerprint density at radius 3 is 2.63 bits per heavy atom. The summed E-state index contributed by atoms with van der Waals surface area (Å²) in [7, 11) is 0. The number of carboxylic acids is 1. The topological polar surface area (TPSA) is 57.6 Å². The third-order valence-corrected chi connectivity index (χ3v) is 5.45. The van der Waals surface area contributed by atoms with Crippen molar-refractivity contribution in [3.63, 3.8) is 0 Å². The Hall–Kier alpha value is -0.710. The molecule has 2 aliphatic rings. The summed E-state index contributed by atoms with van der Waals surface area (Å²) in [4.78, 5) is 25.8. The van der Waals surface area contributed by atoms with Gasteiger partial charge in [0.1, 0.15) is 0 Å². The van der Waals surface area contributed by atoms with Gasteiger partial charge in [0.15, 0.2) is 0 Å². The highest BCUT2D eigenvalue weighted by atomic mass is 32.2. The minimum atomic E-state index is -0.793. The molecule has 3 atom stereocenters. The molecule has 1 unspecified atom stereocenters. The van der Waals surface area contributed by atoms with Crippen molar-refractivity contribution < 1.29 is 14.7 Å². The number of amides is 1. The number of aliphatic carboxylic acids is 1. The molecule has 1 saturated carbocycles. The van der Waals surface area contributed by atoms with Gasteiger partial charge in [-0.3, -0.25) is 9.59 Å². The lowest BCUT2D eigenvalue weighted by atomic mass is 9.94. The van der Waals surface area contributed by atoms with E-state index in [9.17, 15) is 14.7 Å². The predicted octanol–water partition coefficient (Wildman–Crippen LogP) is 2.09. The van der Waals surface area contributed by atoms with E-state index in [0.29, 0.717) is 12.3 Å². The van der Waals surface area contributed by atoms with Crippen molar-refractivity contribution in [1.29, 1.82) is 0 Å². The molecule has 0 aromatic heterocycles. The van der Waals surface area contributed by atoms with Gasteiger partial charge in [0.2, 0.25) is 5.91 Å². The van der Waals surface area contributed by atoms with Crippen molar-refractivity contribution in [2.75, 3.05) is 24.6 Å². The number of carboxylic acid groups (broad SMARTS) is 1. The van der Waals surface area contributed by atoms with E-state index >= 15 is 0 Å². The van der Waals surface area contributed by atoms with Gasteiger partial charge in [-0.1, -0.05) is 13.3 Å². The van der Waals surface area contributed by atoms with Crippen LogP contribution >= 0.6 is 11.8 Å². The van der Waals surface area contributed by atoms with Crippen LogP contribution in [0.3, 0.4) is 0 Å². The standard InChI is InChI=1S/C14H23NO3S/c1-2-10-8-11(12(9-10)14(17)18)13(16)15-4-3-6-19-7-5-15/h10-12H,2-9H2,1H3,(H,17,18)/t10?,11-,12+/m0/s1. The van der Waals surface area contributed by atoms with Gasteiger partial charge < -0.3 is 10.0 Å². The monoisotopic (exact) mass is 285 g/mol. The van der Waals surface area contributed by atoms with Gasteiger partial charge in [0.05, 0.1) is 11.8 Å². The summed E-state index contributed by atoms with van der Waals surface area (Å²) in [6.07, 6.45) is 3.43. The fourth-order valence-electron chi connectivity index (χ4n) is 3.22. The molecule has 1 heterocycles. The summed E-state index contributed by atoms with van der Waals surface area (Å²) >= 11 is 1.88. The third-order valence-electron chi connectivity index (χ3n) is 4.41. The van der Waals surface area contributed by atoms with Crippen LogP contribution in [0.4, 0.5) is 0 Å². The van der Waals surface area contributed by atoms with E-state index in [1.165, 1.54) is 0 Å². The highest BCUT2D eigenvalue weighted by molar-refractivity contribution is 7.99. The highest BCUT2D eigenvalue weighted by Crippen LogP contribution is 2.39. The molecule has 1 N–H and O–H groups in total. The molecule has 1 aliphatic carbocycles. The maximum absolute atomic E-state index is 12.6. The zero-order valence-electron chi connectivity index (χ0n) is 11.5. The van der Waals surface area contributed by atoms with E-state index in [4.69, 9.17) is 0 Å². The maximum atomic E-state index is 12.6. The zero-order valence-corrected chi connectivity index (χ0v) is 12.3. The molecule has 1 amide bonds. The van der Waals surface area contributed by atoms with E-state index in [1.54, 1.807) is 0 Å². The molecular formula is C14H23NO3S. The Morgan fingerprint density at radius 1 is 1.21 bits per heavy atom. The number of thioether (sulfide) groups is 1. The summed E-state index contributed by atoms with van der Waals surface area (Å²) in [6, 6.07) is 0. The van der Waals surface area contributed by atoms with Crippen molar-refractivity contribution in [2.45, 2.75) is 32.6 Å². The lowest BCUT2D eigenvalue weighted by molar-refractivity contribution is -0.149. The van der Waals surface area contributed by atoms with E-state index in [0.717, 1.165) is 43.9 Å². The fourth-order valence-corrected chi connectivity index (χ4v) is 4.11. The number of nitrogens with zero attached hydrogens (tertiary/aromatic N) is 1. The first kappa shape index (κ1) is 14.7. The largest absolute Gasteiger partial charge is 0.481 e. The van der Waals surface area contributed by atoms with Gasteiger partial charge in [0, 0.05) is 18.8 Å². The van der Waals surface area contributed by atoms with Crippen LogP contribution in [0.1, 0.15) is 32.6 Å². The van der Waals surface area contributed by atoms with Crippen LogP contribution in [0.15, 0.2) is 0 Å². The Balaban J connectivity index is 2.05. The van der Waals surface area contributed by atoms with Gasteiger partial charge in [-0.2, -0.15) is 11.8 Å². The van der Waals surface area contributed by atoms with Gasteiger partial charge >= 0.3 is 5.97 Å². The number of hydrogen-bond donors (Lipinski definition) is 1. The predicted molar refractivity (Wildman–Crippen MR) is 76.2 cm³/mol. The SMILES string of the molecule is CCC1C[C@H](C(=O)N2CCCSCC2)[C@H](C(=O)O)C1. The second-order valence-corrected chi connectivity index (χ2v) is 6.81. The average Bonchev–Trinajstić information content (AvgIpc) is 2.65. The quantitative estimate of drug-likeness (QED) is 0.862. The van der Waals surface area contributed by atoms with Crippen molar-refractivity contribution in [1.82, 2.24) is 4.90 Å². The zero-order chi connectivity index (χ0) is 13.8. The summed E-state index contributed by atoms with van der Waals surface area (Å²) < 4.78 is 0. The lowest BCUT2D eigenvalue weighted by Crippen LogP contribution is -2.40. The molecule has 19 heavy (non-hydrogen) atoms. The van der Waals surface area contributed by atoms with E-state index in [1.807, 2.05) is 16.7 Å². The number of carbonyl (C=O) groups is 2. The number of carbonyl (C=O) groups excluding carboxylic acids is 1. The fraction of sp³-hybridized carbons (Fsp3) is 0.857. The van der Waals surface area contributed by atoms with Crippen molar-refractivity contribution in [2.24, 2.45) is 17.8 Å². The minimum absolute atomic E-state index is 0.0888. The molecule has 0 aromatic carbocycles. The van der Waals surface area contributed by atoms with Crippen LogP contribution in [0, 0.1) is 17.8 Å². The number of hydrogen-bond acceptors (Lipinski definition) is 3. The summed E-state index contributed by atoms with van der Waals surface area (Å²) in [6.45, 7) is 3.66. The van der Waals surface area contributed by atoms with Crippen LogP contribution in [-0.4, -0.2) is 46.5 Å².